The second-order valence-electron chi connectivity index (χ2n) is 4.49. The van der Waals surface area contributed by atoms with E-state index in [1.165, 1.54) is 0 Å². The average molecular weight is 329 g/mol. The van der Waals surface area contributed by atoms with Gasteiger partial charge in [-0.1, -0.05) is 23.7 Å². The molecule has 0 bridgehead atoms. The first kappa shape index (κ1) is 15.8. The van der Waals surface area contributed by atoms with Crippen molar-refractivity contribution in [2.75, 3.05) is 10.7 Å². The summed E-state index contributed by atoms with van der Waals surface area (Å²) in [6, 6.07) is 5.51. The molecule has 2 atom stereocenters. The van der Waals surface area contributed by atoms with Crippen molar-refractivity contribution in [3.63, 3.8) is 0 Å². The molecule has 1 heterocycles. The Kier molecular flexibility index (Phi) is 4.87. The quantitative estimate of drug-likeness (QED) is 0.785. The van der Waals surface area contributed by atoms with Crippen LogP contribution in [0.4, 0.5) is 5.69 Å². The van der Waals surface area contributed by atoms with Gasteiger partial charge >= 0.3 is 5.97 Å². The number of aliphatic carboxylic acids is 1. The van der Waals surface area contributed by atoms with Crippen molar-refractivity contribution in [2.24, 2.45) is 5.73 Å². The smallest absolute Gasteiger partial charge is 0.321 e. The van der Waals surface area contributed by atoms with Crippen molar-refractivity contribution in [1.82, 2.24) is 0 Å². The lowest BCUT2D eigenvalue weighted by molar-refractivity contribution is -0.138. The number of nitrogens with zero attached hydrogens (tertiary/aromatic N) is 1. The molecule has 1 aliphatic heterocycles. The third kappa shape index (κ3) is 3.37. The minimum atomic E-state index is -1.14. The van der Waals surface area contributed by atoms with Gasteiger partial charge in [0.2, 0.25) is 11.8 Å². The van der Waals surface area contributed by atoms with Crippen LogP contribution in [-0.4, -0.2) is 39.9 Å². The summed E-state index contributed by atoms with van der Waals surface area (Å²) in [5.74, 6) is -1.82. The van der Waals surface area contributed by atoms with E-state index in [9.17, 15) is 14.4 Å². The van der Waals surface area contributed by atoms with Crippen LogP contribution in [0.5, 0.6) is 0 Å². The second-order valence-corrected chi connectivity index (χ2v) is 6.13. The molecule has 2 amide bonds. The number of carbonyl (C=O) groups is 3. The maximum atomic E-state index is 12.3. The highest BCUT2D eigenvalue weighted by molar-refractivity contribution is 8.00. The molecule has 3 N–H and O–H groups in total. The van der Waals surface area contributed by atoms with E-state index in [0.29, 0.717) is 10.7 Å². The minimum absolute atomic E-state index is 0.0149. The molecule has 1 aliphatic rings. The van der Waals surface area contributed by atoms with Gasteiger partial charge in [0.05, 0.1) is 16.0 Å². The fourth-order valence-corrected chi connectivity index (χ4v) is 3.22. The Morgan fingerprint density at radius 1 is 1.48 bits per heavy atom. The SMILES string of the molecule is N[C@@H](CS[C@H]1CC(=O)N(c2ccccc2Cl)C1=O)C(=O)O. The Labute approximate surface area is 130 Å². The number of carboxylic acids is 1. The largest absolute Gasteiger partial charge is 0.480 e. The number of benzene rings is 1. The molecular formula is C13H13ClN2O4S. The highest BCUT2D eigenvalue weighted by Crippen LogP contribution is 2.33. The van der Waals surface area contributed by atoms with Crippen LogP contribution < -0.4 is 10.6 Å². The fourth-order valence-electron chi connectivity index (χ4n) is 1.91. The number of carbonyl (C=O) groups excluding carboxylic acids is 2. The summed E-state index contributed by atoms with van der Waals surface area (Å²) in [5, 5.41) is 8.41. The summed E-state index contributed by atoms with van der Waals surface area (Å²) >= 11 is 7.08. The lowest BCUT2D eigenvalue weighted by atomic mass is 10.3. The Balaban J connectivity index is 2.10. The first-order valence-corrected chi connectivity index (χ1v) is 7.55. The molecule has 112 valence electrons. The summed E-state index contributed by atoms with van der Waals surface area (Å²) in [5.41, 5.74) is 5.74. The van der Waals surface area contributed by atoms with Crippen LogP contribution in [0.2, 0.25) is 5.02 Å². The van der Waals surface area contributed by atoms with Crippen molar-refractivity contribution in [3.8, 4) is 0 Å². The topological polar surface area (TPSA) is 101 Å². The maximum Gasteiger partial charge on any atom is 0.321 e. The molecule has 1 fully saturated rings. The second kappa shape index (κ2) is 6.46. The van der Waals surface area contributed by atoms with Crippen LogP contribution in [0, 0.1) is 0 Å². The fraction of sp³-hybridized carbons (Fsp3) is 0.308. The van der Waals surface area contributed by atoms with E-state index in [1.807, 2.05) is 0 Å². The maximum absolute atomic E-state index is 12.3. The number of hydrogen-bond acceptors (Lipinski definition) is 5. The van der Waals surface area contributed by atoms with Crippen LogP contribution in [0.1, 0.15) is 6.42 Å². The van der Waals surface area contributed by atoms with Crippen LogP contribution in [0.3, 0.4) is 0 Å². The van der Waals surface area contributed by atoms with Crippen LogP contribution >= 0.6 is 23.4 Å². The first-order valence-electron chi connectivity index (χ1n) is 6.13. The number of nitrogens with two attached hydrogens (primary N) is 1. The number of amides is 2. The van der Waals surface area contributed by atoms with Crippen molar-refractivity contribution >= 4 is 46.8 Å². The molecule has 1 saturated heterocycles. The number of para-hydroxylation sites is 1. The van der Waals surface area contributed by atoms with Crippen molar-refractivity contribution in [3.05, 3.63) is 29.3 Å². The third-order valence-corrected chi connectivity index (χ3v) is 4.63. The Hall–Kier alpha value is -1.57. The monoisotopic (exact) mass is 328 g/mol. The average Bonchev–Trinajstić information content (AvgIpc) is 2.71. The zero-order valence-electron chi connectivity index (χ0n) is 10.9. The van der Waals surface area contributed by atoms with Gasteiger partial charge < -0.3 is 10.8 Å². The van der Waals surface area contributed by atoms with Crippen molar-refractivity contribution < 1.29 is 19.5 Å². The Bertz CT molecular complexity index is 595. The highest BCUT2D eigenvalue weighted by atomic mass is 35.5. The van der Waals surface area contributed by atoms with E-state index in [4.69, 9.17) is 22.4 Å². The number of imide groups is 1. The molecule has 1 aromatic carbocycles. The summed E-state index contributed by atoms with van der Waals surface area (Å²) in [6.45, 7) is 0. The molecule has 0 radical (unpaired) electrons. The molecule has 2 rings (SSSR count). The predicted molar refractivity (Wildman–Crippen MR) is 80.4 cm³/mol. The number of rotatable bonds is 5. The van der Waals surface area contributed by atoms with Gasteiger partial charge in [0.15, 0.2) is 0 Å². The Morgan fingerprint density at radius 2 is 2.14 bits per heavy atom. The summed E-state index contributed by atoms with van der Waals surface area (Å²) in [7, 11) is 0. The van der Waals surface area contributed by atoms with Gasteiger partial charge in [-0.25, -0.2) is 4.90 Å². The van der Waals surface area contributed by atoms with Gasteiger partial charge in [-0.15, -0.1) is 11.8 Å². The normalized spacial score (nSPS) is 19.9. The van der Waals surface area contributed by atoms with Crippen molar-refractivity contribution in [1.29, 1.82) is 0 Å². The van der Waals surface area contributed by atoms with Crippen LogP contribution in [0.25, 0.3) is 0 Å². The molecule has 0 saturated carbocycles. The summed E-state index contributed by atoms with van der Waals surface area (Å²) in [4.78, 5) is 36.0. The number of halogens is 1. The van der Waals surface area contributed by atoms with Gasteiger partial charge in [0.1, 0.15) is 6.04 Å². The molecule has 0 unspecified atom stereocenters. The first-order chi connectivity index (χ1) is 9.91. The highest BCUT2D eigenvalue weighted by Gasteiger charge is 2.40. The zero-order chi connectivity index (χ0) is 15.6. The van der Waals surface area contributed by atoms with Gasteiger partial charge in [0, 0.05) is 12.2 Å². The molecule has 0 aliphatic carbocycles. The van der Waals surface area contributed by atoms with Gasteiger partial charge in [0.25, 0.3) is 0 Å². The number of thioether (sulfide) groups is 1. The lowest BCUT2D eigenvalue weighted by Gasteiger charge is -2.16. The zero-order valence-corrected chi connectivity index (χ0v) is 12.4. The molecule has 0 spiro atoms. The van der Waals surface area contributed by atoms with Crippen molar-refractivity contribution in [2.45, 2.75) is 17.7 Å². The molecule has 8 heteroatoms. The van der Waals surface area contributed by atoms with E-state index < -0.39 is 23.2 Å². The van der Waals surface area contributed by atoms with E-state index in [0.717, 1.165) is 16.7 Å². The van der Waals surface area contributed by atoms with E-state index in [1.54, 1.807) is 24.3 Å². The number of anilines is 1. The number of hydrogen-bond donors (Lipinski definition) is 2. The minimum Gasteiger partial charge on any atom is -0.480 e. The molecule has 0 aromatic heterocycles. The van der Waals surface area contributed by atoms with Gasteiger partial charge in [-0.2, -0.15) is 0 Å². The molecule has 6 nitrogen and oxygen atoms in total. The van der Waals surface area contributed by atoms with Gasteiger partial charge in [-0.05, 0) is 12.1 Å². The number of carboxylic acid groups (broad SMARTS) is 1. The van der Waals surface area contributed by atoms with Gasteiger partial charge in [-0.3, -0.25) is 14.4 Å². The summed E-state index contributed by atoms with van der Waals surface area (Å²) in [6.07, 6.45) is 0.0149. The lowest BCUT2D eigenvalue weighted by Crippen LogP contribution is -2.35. The van der Waals surface area contributed by atoms with E-state index in [2.05, 4.69) is 0 Å². The van der Waals surface area contributed by atoms with E-state index >= 15 is 0 Å². The van der Waals surface area contributed by atoms with Crippen LogP contribution in [0.15, 0.2) is 24.3 Å². The Morgan fingerprint density at radius 3 is 2.76 bits per heavy atom. The standard InChI is InChI=1S/C13H13ClN2O4S/c14-7-3-1-2-4-9(7)16-11(17)5-10(12(16)18)21-6-8(15)13(19)20/h1-4,8,10H,5-6,15H2,(H,19,20)/t8-,10-/m0/s1. The molecule has 21 heavy (non-hydrogen) atoms. The third-order valence-electron chi connectivity index (χ3n) is 2.99. The molecular weight excluding hydrogens is 316 g/mol. The summed E-state index contributed by atoms with van der Waals surface area (Å²) < 4.78 is 0. The van der Waals surface area contributed by atoms with Crippen LogP contribution in [-0.2, 0) is 14.4 Å². The predicted octanol–water partition coefficient (Wildman–Crippen LogP) is 1.12. The molecule has 1 aromatic rings. The van der Waals surface area contributed by atoms with E-state index in [-0.39, 0.29) is 18.1 Å².